The summed E-state index contributed by atoms with van der Waals surface area (Å²) in [5, 5.41) is 0. The summed E-state index contributed by atoms with van der Waals surface area (Å²) in [5.41, 5.74) is 0. The first-order valence-electron chi connectivity index (χ1n) is 2.99. The highest BCUT2D eigenvalue weighted by molar-refractivity contribution is 7.85. The van der Waals surface area contributed by atoms with E-state index in [2.05, 4.69) is 10.7 Å². The minimum absolute atomic E-state index is 0.231. The predicted molar refractivity (Wildman–Crippen MR) is 36.3 cm³/mol. The Morgan fingerprint density at radius 1 is 1.70 bits per heavy atom. The Labute approximate surface area is 61.1 Å². The van der Waals surface area contributed by atoms with Crippen LogP contribution in [0.4, 0.5) is 0 Å². The van der Waals surface area contributed by atoms with Gasteiger partial charge in [0.25, 0.3) is 0 Å². The fourth-order valence-electron chi connectivity index (χ4n) is 0.947. The van der Waals surface area contributed by atoms with Crippen LogP contribution < -0.4 is 5.90 Å². The van der Waals surface area contributed by atoms with E-state index in [1.807, 2.05) is 0 Å². The smallest absolute Gasteiger partial charge is 0.328 e. The molecule has 0 radical (unpaired) electrons. The van der Waals surface area contributed by atoms with E-state index in [0.717, 1.165) is 0 Å². The summed E-state index contributed by atoms with van der Waals surface area (Å²) in [6.07, 6.45) is 0.642. The average Bonchev–Trinajstić information content (AvgIpc) is 2.34. The molecule has 1 aliphatic heterocycles. The van der Waals surface area contributed by atoms with Gasteiger partial charge in [-0.1, -0.05) is 0 Å². The normalized spacial score (nSPS) is 32.1. The molecule has 5 heteroatoms. The maximum atomic E-state index is 10.7. The molecule has 4 nitrogen and oxygen atoms in total. The maximum absolute atomic E-state index is 10.7. The summed E-state index contributed by atoms with van der Waals surface area (Å²) < 4.78 is 10.7. The van der Waals surface area contributed by atoms with Gasteiger partial charge in [0.15, 0.2) is 0 Å². The Kier molecular flexibility index (Phi) is 2.39. The lowest BCUT2D eigenvalue weighted by atomic mass is 10.1. The highest BCUT2D eigenvalue weighted by Gasteiger charge is 2.28. The zero-order valence-corrected chi connectivity index (χ0v) is 6.23. The highest BCUT2D eigenvalue weighted by Crippen LogP contribution is 2.15. The standard InChI is InChI=1S/C5H9NO3S/c6-9-5(7)4-1-2-10(8)3-4/h4H,1-3,6H2. The van der Waals surface area contributed by atoms with Crippen LogP contribution in [0.15, 0.2) is 0 Å². The Hall–Kier alpha value is -0.420. The summed E-state index contributed by atoms with van der Waals surface area (Å²) in [5.74, 6) is 4.99. The molecule has 0 amide bonds. The van der Waals surface area contributed by atoms with Crippen LogP contribution in [0, 0.1) is 5.92 Å². The van der Waals surface area contributed by atoms with Gasteiger partial charge < -0.3 is 4.84 Å². The number of nitrogens with two attached hydrogens (primary N) is 1. The third-order valence-electron chi connectivity index (χ3n) is 1.53. The van der Waals surface area contributed by atoms with Crippen LogP contribution in [-0.4, -0.2) is 21.7 Å². The molecule has 0 aromatic heterocycles. The lowest BCUT2D eigenvalue weighted by Crippen LogP contribution is -2.20. The molecule has 2 atom stereocenters. The van der Waals surface area contributed by atoms with E-state index in [-0.39, 0.29) is 5.92 Å². The van der Waals surface area contributed by atoms with Gasteiger partial charge in [0.05, 0.1) is 5.92 Å². The third kappa shape index (κ3) is 1.54. The van der Waals surface area contributed by atoms with Gasteiger partial charge in [0.2, 0.25) is 0 Å². The predicted octanol–water partition coefficient (Wildman–Crippen LogP) is -0.828. The molecule has 2 N–H and O–H groups in total. The van der Waals surface area contributed by atoms with Crippen LogP contribution in [0.3, 0.4) is 0 Å². The van der Waals surface area contributed by atoms with E-state index >= 15 is 0 Å². The minimum atomic E-state index is -0.831. The molecule has 1 heterocycles. The average molecular weight is 163 g/mol. The Morgan fingerprint density at radius 2 is 2.40 bits per heavy atom. The van der Waals surface area contributed by atoms with Crippen LogP contribution in [0.2, 0.25) is 0 Å². The molecule has 1 saturated heterocycles. The molecular weight excluding hydrogens is 154 g/mol. The Balaban J connectivity index is 2.44. The van der Waals surface area contributed by atoms with Gasteiger partial charge in [-0.25, -0.2) is 0 Å². The summed E-state index contributed by atoms with van der Waals surface area (Å²) in [4.78, 5) is 14.7. The largest absolute Gasteiger partial charge is 0.373 e. The molecule has 10 heavy (non-hydrogen) atoms. The summed E-state index contributed by atoms with van der Waals surface area (Å²) in [6.45, 7) is 0. The zero-order valence-electron chi connectivity index (χ0n) is 5.41. The van der Waals surface area contributed by atoms with Crippen molar-refractivity contribution < 1.29 is 13.8 Å². The van der Waals surface area contributed by atoms with E-state index in [0.29, 0.717) is 17.9 Å². The van der Waals surface area contributed by atoms with Crippen molar-refractivity contribution in [2.45, 2.75) is 6.42 Å². The van der Waals surface area contributed by atoms with Crippen molar-refractivity contribution in [3.8, 4) is 0 Å². The van der Waals surface area contributed by atoms with Gasteiger partial charge in [-0.15, -0.1) is 0 Å². The number of hydrogen-bond donors (Lipinski definition) is 1. The van der Waals surface area contributed by atoms with Crippen LogP contribution in [0.25, 0.3) is 0 Å². The van der Waals surface area contributed by atoms with Gasteiger partial charge in [-0.2, -0.15) is 5.90 Å². The molecular formula is C5H9NO3S. The Morgan fingerprint density at radius 3 is 2.80 bits per heavy atom. The molecule has 0 aliphatic carbocycles. The van der Waals surface area contributed by atoms with E-state index in [4.69, 9.17) is 0 Å². The zero-order chi connectivity index (χ0) is 7.56. The monoisotopic (exact) mass is 163 g/mol. The first-order chi connectivity index (χ1) is 4.74. The lowest BCUT2D eigenvalue weighted by Gasteiger charge is -2.01. The fourth-order valence-corrected chi connectivity index (χ4v) is 2.41. The maximum Gasteiger partial charge on any atom is 0.328 e. The second kappa shape index (κ2) is 3.12. The summed E-state index contributed by atoms with van der Waals surface area (Å²) >= 11 is 0. The van der Waals surface area contributed by atoms with Crippen molar-refractivity contribution in [1.29, 1.82) is 0 Å². The van der Waals surface area contributed by atoms with E-state index < -0.39 is 16.8 Å². The molecule has 1 aliphatic rings. The first-order valence-corrected chi connectivity index (χ1v) is 4.48. The summed E-state index contributed by atoms with van der Waals surface area (Å²) in [6, 6.07) is 0. The topological polar surface area (TPSA) is 69.4 Å². The molecule has 1 rings (SSSR count). The summed E-state index contributed by atoms with van der Waals surface area (Å²) in [7, 11) is -0.831. The second-order valence-electron chi connectivity index (χ2n) is 2.23. The third-order valence-corrected chi connectivity index (χ3v) is 3.00. The number of hydrogen-bond acceptors (Lipinski definition) is 4. The molecule has 0 bridgehead atoms. The minimum Gasteiger partial charge on any atom is -0.373 e. The van der Waals surface area contributed by atoms with Crippen molar-refractivity contribution in [2.24, 2.45) is 11.8 Å². The lowest BCUT2D eigenvalue weighted by molar-refractivity contribution is -0.148. The van der Waals surface area contributed by atoms with Crippen molar-refractivity contribution in [3.05, 3.63) is 0 Å². The van der Waals surface area contributed by atoms with Gasteiger partial charge in [-0.3, -0.25) is 9.00 Å². The van der Waals surface area contributed by atoms with Gasteiger partial charge in [-0.05, 0) is 6.42 Å². The van der Waals surface area contributed by atoms with Crippen molar-refractivity contribution >= 4 is 16.8 Å². The van der Waals surface area contributed by atoms with Gasteiger partial charge >= 0.3 is 5.97 Å². The molecule has 1 fully saturated rings. The Bertz CT molecular complexity index is 170. The first kappa shape index (κ1) is 7.68. The van der Waals surface area contributed by atoms with E-state index in [9.17, 15) is 9.00 Å². The van der Waals surface area contributed by atoms with Crippen LogP contribution in [0.1, 0.15) is 6.42 Å². The van der Waals surface area contributed by atoms with E-state index in [1.165, 1.54) is 0 Å². The van der Waals surface area contributed by atoms with Crippen molar-refractivity contribution in [1.82, 2.24) is 0 Å². The van der Waals surface area contributed by atoms with Gasteiger partial charge in [0, 0.05) is 22.3 Å². The molecule has 0 saturated carbocycles. The quantitative estimate of drug-likeness (QED) is 0.512. The van der Waals surface area contributed by atoms with Crippen molar-refractivity contribution in [3.63, 3.8) is 0 Å². The van der Waals surface area contributed by atoms with Crippen LogP contribution in [-0.2, 0) is 20.4 Å². The number of rotatable bonds is 1. The van der Waals surface area contributed by atoms with E-state index in [1.54, 1.807) is 0 Å². The highest BCUT2D eigenvalue weighted by atomic mass is 32.2. The fraction of sp³-hybridized carbons (Fsp3) is 0.800. The molecule has 0 aromatic carbocycles. The van der Waals surface area contributed by atoms with Crippen LogP contribution in [0.5, 0.6) is 0 Å². The molecule has 0 aromatic rings. The SMILES string of the molecule is NOC(=O)C1CCS(=O)C1. The molecule has 58 valence electrons. The van der Waals surface area contributed by atoms with Gasteiger partial charge in [0.1, 0.15) is 0 Å². The number of carbonyl (C=O) groups excluding carboxylic acids is 1. The second-order valence-corrected chi connectivity index (χ2v) is 3.85. The molecule has 0 spiro atoms. The van der Waals surface area contributed by atoms with Crippen LogP contribution >= 0.6 is 0 Å². The number of carbonyl (C=O) groups is 1. The molecule has 2 unspecified atom stereocenters. The van der Waals surface area contributed by atoms with Crippen molar-refractivity contribution in [2.75, 3.05) is 11.5 Å².